The minimum atomic E-state index is -0.909. The second kappa shape index (κ2) is 10.7. The number of aryl methyl sites for hydroxylation is 1. The number of aliphatic hydroxyl groups excluding tert-OH is 1. The Morgan fingerprint density at radius 1 is 1.12 bits per heavy atom. The van der Waals surface area contributed by atoms with E-state index < -0.39 is 27.8 Å². The van der Waals surface area contributed by atoms with E-state index in [2.05, 4.69) is 67.7 Å². The van der Waals surface area contributed by atoms with Crippen molar-refractivity contribution in [3.05, 3.63) is 59.2 Å². The molecule has 2 unspecified atom stereocenters. The number of nitrogens with zero attached hydrogens (tertiary/aromatic N) is 1. The zero-order valence-corrected chi connectivity index (χ0v) is 25.6. The number of fused-ring (bicyclic) bond motifs is 7. The monoisotopic (exact) mass is 598 g/mol. The molecule has 8 nitrogen and oxygen atoms in total. The van der Waals surface area contributed by atoms with Crippen molar-refractivity contribution in [2.75, 3.05) is 33.3 Å². The van der Waals surface area contributed by atoms with E-state index >= 15 is 0 Å². The van der Waals surface area contributed by atoms with E-state index in [-0.39, 0.29) is 31.3 Å². The second-order valence-corrected chi connectivity index (χ2v) is 14.0. The standard InChI is InChI=1S/C33H43ClN2O6/c1-21-4-6-23(7-5-21)17-35-12-13-42-36-25-10-11-30(3)24(15-25)8-9-27-26-14-22(2)33(28(26)16-29(37)32(27,30)34)31(40-20-41-33)18-38-19-39-31/h4-7,10-11,15,22,26-29,35,37H,8-9,12-14,16-20H2,1-3H3/b36-25+/t22-,26+,27+,28?,29+,30+,31?,32+,33-/m1/s1. The van der Waals surface area contributed by atoms with Crippen molar-refractivity contribution < 1.29 is 28.9 Å². The van der Waals surface area contributed by atoms with E-state index in [1.54, 1.807) is 0 Å². The highest BCUT2D eigenvalue weighted by atomic mass is 35.5. The van der Waals surface area contributed by atoms with E-state index in [0.29, 0.717) is 32.1 Å². The molecular weight excluding hydrogens is 556 g/mol. The maximum absolute atomic E-state index is 11.9. The summed E-state index contributed by atoms with van der Waals surface area (Å²) in [5, 5.41) is 19.8. The summed E-state index contributed by atoms with van der Waals surface area (Å²) in [6, 6.07) is 8.52. The summed E-state index contributed by atoms with van der Waals surface area (Å²) in [6.45, 7) is 9.24. The van der Waals surface area contributed by atoms with Gasteiger partial charge in [0, 0.05) is 18.5 Å². The molecule has 0 bridgehead atoms. The Bertz CT molecular complexity index is 1270. The Labute approximate surface area is 253 Å². The molecule has 0 radical (unpaired) electrons. The molecule has 2 N–H and O–H groups in total. The maximum atomic E-state index is 11.9. The van der Waals surface area contributed by atoms with E-state index in [0.717, 1.165) is 31.5 Å². The molecule has 4 aliphatic carbocycles. The van der Waals surface area contributed by atoms with Crippen molar-refractivity contribution in [3.8, 4) is 0 Å². The Hall–Kier alpha value is -1.78. The molecule has 9 heteroatoms. The van der Waals surface area contributed by atoms with Crippen LogP contribution in [0.3, 0.4) is 0 Å². The number of rotatable bonds is 6. The average molecular weight is 599 g/mol. The minimum Gasteiger partial charge on any atom is -0.394 e. The van der Waals surface area contributed by atoms with Gasteiger partial charge in [-0.05, 0) is 74.0 Å². The first-order valence-electron chi connectivity index (χ1n) is 15.5. The molecule has 42 heavy (non-hydrogen) atoms. The van der Waals surface area contributed by atoms with E-state index in [9.17, 15) is 5.11 Å². The number of alkyl halides is 1. The van der Waals surface area contributed by atoms with Gasteiger partial charge < -0.3 is 34.2 Å². The molecule has 2 saturated heterocycles. The molecule has 6 aliphatic rings. The van der Waals surface area contributed by atoms with Crippen LogP contribution in [-0.2, 0) is 30.3 Å². The van der Waals surface area contributed by atoms with E-state index in [1.807, 2.05) is 6.08 Å². The molecule has 2 aliphatic heterocycles. The van der Waals surface area contributed by atoms with Crippen LogP contribution in [0.15, 0.2) is 53.2 Å². The van der Waals surface area contributed by atoms with Crippen molar-refractivity contribution in [2.24, 2.45) is 34.2 Å². The fraction of sp³-hybridized carbons (Fsp3) is 0.667. The molecule has 3 saturated carbocycles. The number of halogens is 1. The van der Waals surface area contributed by atoms with Gasteiger partial charge in [0.1, 0.15) is 24.5 Å². The topological polar surface area (TPSA) is 90.8 Å². The van der Waals surface area contributed by atoms with Crippen LogP contribution >= 0.6 is 11.6 Å². The van der Waals surface area contributed by atoms with Crippen LogP contribution in [0.2, 0.25) is 0 Å². The van der Waals surface area contributed by atoms with Crippen LogP contribution in [0.5, 0.6) is 0 Å². The lowest BCUT2D eigenvalue weighted by Crippen LogP contribution is -2.67. The number of hydrogen-bond acceptors (Lipinski definition) is 8. The third-order valence-corrected chi connectivity index (χ3v) is 12.3. The highest BCUT2D eigenvalue weighted by Gasteiger charge is 2.76. The van der Waals surface area contributed by atoms with Crippen LogP contribution in [0, 0.1) is 36.0 Å². The first kappa shape index (κ1) is 29.0. The molecule has 1 aromatic carbocycles. The van der Waals surface area contributed by atoms with Crippen LogP contribution < -0.4 is 5.32 Å². The van der Waals surface area contributed by atoms with Crippen LogP contribution in [0.25, 0.3) is 0 Å². The summed E-state index contributed by atoms with van der Waals surface area (Å²) in [5.74, 6) is -0.221. The van der Waals surface area contributed by atoms with Crippen molar-refractivity contribution in [1.29, 1.82) is 0 Å². The number of aliphatic hydroxyl groups is 1. The van der Waals surface area contributed by atoms with Gasteiger partial charge in [0.15, 0.2) is 13.6 Å². The van der Waals surface area contributed by atoms with Crippen LogP contribution in [0.4, 0.5) is 0 Å². The SMILES string of the molecule is Cc1ccc(CNCCO/N=C2\C=C[C@@]3(C)C(=C2)CC[C@H]2[C@@H]4C[C@@H](C)[C@@]5(OCOC56COCO6)C4C[C@H](O)[C@@]23Cl)cc1. The first-order chi connectivity index (χ1) is 20.2. The van der Waals surface area contributed by atoms with Gasteiger partial charge in [0.2, 0.25) is 5.79 Å². The molecule has 0 aromatic heterocycles. The van der Waals surface area contributed by atoms with E-state index in [4.69, 9.17) is 35.4 Å². The van der Waals surface area contributed by atoms with Gasteiger partial charge in [0.25, 0.3) is 0 Å². The summed E-state index contributed by atoms with van der Waals surface area (Å²) in [5.41, 5.74) is 3.37. The summed E-state index contributed by atoms with van der Waals surface area (Å²) < 4.78 is 24.4. The van der Waals surface area contributed by atoms with Crippen molar-refractivity contribution in [3.63, 3.8) is 0 Å². The molecule has 0 amide bonds. The van der Waals surface area contributed by atoms with Crippen molar-refractivity contribution in [2.45, 2.75) is 75.4 Å². The van der Waals surface area contributed by atoms with Gasteiger partial charge in [-0.25, -0.2) is 0 Å². The highest BCUT2D eigenvalue weighted by Crippen LogP contribution is 2.70. The number of hydrogen-bond donors (Lipinski definition) is 2. The number of benzene rings is 1. The first-order valence-corrected chi connectivity index (χ1v) is 15.8. The Kier molecular flexibility index (Phi) is 7.37. The van der Waals surface area contributed by atoms with Crippen molar-refractivity contribution in [1.82, 2.24) is 5.32 Å². The van der Waals surface area contributed by atoms with Crippen LogP contribution in [-0.4, -0.2) is 66.5 Å². The number of nitrogens with one attached hydrogen (secondary N) is 1. The molecule has 1 aromatic rings. The predicted molar refractivity (Wildman–Crippen MR) is 159 cm³/mol. The van der Waals surface area contributed by atoms with Gasteiger partial charge in [-0.3, -0.25) is 0 Å². The second-order valence-electron chi connectivity index (χ2n) is 13.4. The molecular formula is C33H43ClN2O6. The largest absolute Gasteiger partial charge is 0.394 e. The fourth-order valence-electron chi connectivity index (χ4n) is 9.35. The fourth-order valence-corrected chi connectivity index (χ4v) is 9.90. The minimum absolute atomic E-state index is 0.0791. The summed E-state index contributed by atoms with van der Waals surface area (Å²) >= 11 is 7.72. The molecule has 2 heterocycles. The third kappa shape index (κ3) is 4.13. The highest BCUT2D eigenvalue weighted by molar-refractivity contribution is 6.26. The normalized spacial score (nSPS) is 44.8. The lowest BCUT2D eigenvalue weighted by molar-refractivity contribution is -0.239. The smallest absolute Gasteiger partial charge is 0.226 e. The Morgan fingerprint density at radius 2 is 1.93 bits per heavy atom. The predicted octanol–water partition coefficient (Wildman–Crippen LogP) is 4.83. The lowest BCUT2D eigenvalue weighted by Gasteiger charge is -2.61. The molecule has 9 atom stereocenters. The zero-order valence-electron chi connectivity index (χ0n) is 24.8. The number of ether oxygens (including phenoxy) is 4. The van der Waals surface area contributed by atoms with Gasteiger partial charge >= 0.3 is 0 Å². The van der Waals surface area contributed by atoms with Gasteiger partial charge in [-0.15, -0.1) is 11.6 Å². The Morgan fingerprint density at radius 3 is 2.71 bits per heavy atom. The number of oxime groups is 1. The molecule has 7 rings (SSSR count). The van der Waals surface area contributed by atoms with Gasteiger partial charge in [-0.2, -0.15) is 0 Å². The molecule has 228 valence electrons. The molecule has 2 spiro atoms. The zero-order chi connectivity index (χ0) is 29.2. The van der Waals surface area contributed by atoms with Gasteiger partial charge in [-0.1, -0.05) is 60.5 Å². The quantitative estimate of drug-likeness (QED) is 0.275. The maximum Gasteiger partial charge on any atom is 0.226 e. The van der Waals surface area contributed by atoms with Crippen molar-refractivity contribution >= 4 is 17.3 Å². The van der Waals surface area contributed by atoms with Crippen LogP contribution in [0.1, 0.15) is 50.7 Å². The lowest BCUT2D eigenvalue weighted by atomic mass is 9.49. The summed E-state index contributed by atoms with van der Waals surface area (Å²) in [6.07, 6.45) is 8.86. The third-order valence-electron chi connectivity index (χ3n) is 11.4. The van der Waals surface area contributed by atoms with Gasteiger partial charge in [0.05, 0.1) is 11.0 Å². The Balaban J connectivity index is 1.04. The average Bonchev–Trinajstić information content (AvgIpc) is 3.68. The summed E-state index contributed by atoms with van der Waals surface area (Å²) in [7, 11) is 0. The summed E-state index contributed by atoms with van der Waals surface area (Å²) in [4.78, 5) is 4.84. The van der Waals surface area contributed by atoms with E-state index in [1.165, 1.54) is 16.7 Å². The molecule has 5 fully saturated rings. The number of allylic oxidation sites excluding steroid dienone is 4.